The second kappa shape index (κ2) is 7.14. The average Bonchev–Trinajstić information content (AvgIpc) is 2.92. The molecule has 1 aliphatic rings. The molecular weight excluding hydrogens is 238 g/mol. The summed E-state index contributed by atoms with van der Waals surface area (Å²) in [4.78, 5) is 11.7. The van der Waals surface area contributed by atoms with Crippen molar-refractivity contribution in [2.24, 2.45) is 11.7 Å². The molecule has 1 aliphatic carbocycles. The summed E-state index contributed by atoms with van der Waals surface area (Å²) in [5.74, 6) is 0.806. The van der Waals surface area contributed by atoms with Crippen LogP contribution in [0.1, 0.15) is 37.7 Å². The number of urea groups is 1. The van der Waals surface area contributed by atoms with Crippen molar-refractivity contribution in [1.82, 2.24) is 5.32 Å². The number of rotatable bonds is 5. The summed E-state index contributed by atoms with van der Waals surface area (Å²) >= 11 is 0. The first kappa shape index (κ1) is 13.9. The molecule has 4 nitrogen and oxygen atoms in total. The maximum atomic E-state index is 11.7. The molecule has 0 spiro atoms. The number of hydrogen-bond donors (Lipinski definition) is 3. The summed E-state index contributed by atoms with van der Waals surface area (Å²) in [6, 6.07) is 7.48. The molecule has 4 heteroatoms. The third-order valence-electron chi connectivity index (χ3n) is 3.73. The number of carbonyl (C=O) groups excluding carboxylic acids is 1. The smallest absolute Gasteiger partial charge is 0.319 e. The fourth-order valence-electron chi connectivity index (χ4n) is 2.64. The predicted molar refractivity (Wildman–Crippen MR) is 77.9 cm³/mol. The highest BCUT2D eigenvalue weighted by Crippen LogP contribution is 2.26. The van der Waals surface area contributed by atoms with Crippen LogP contribution in [-0.4, -0.2) is 12.6 Å². The Morgan fingerprint density at radius 1 is 1.32 bits per heavy atom. The molecule has 0 aliphatic heterocycles. The molecule has 0 atom stereocenters. The maximum absolute atomic E-state index is 11.7. The molecule has 19 heavy (non-hydrogen) atoms. The van der Waals surface area contributed by atoms with Gasteiger partial charge in [0.05, 0.1) is 0 Å². The van der Waals surface area contributed by atoms with Crippen LogP contribution in [0.4, 0.5) is 10.5 Å². The molecule has 0 heterocycles. The van der Waals surface area contributed by atoms with Crippen molar-refractivity contribution in [3.05, 3.63) is 29.8 Å². The Labute approximate surface area is 114 Å². The van der Waals surface area contributed by atoms with Crippen LogP contribution in [0.3, 0.4) is 0 Å². The molecule has 1 aromatic carbocycles. The van der Waals surface area contributed by atoms with E-state index in [9.17, 15) is 4.79 Å². The Hall–Kier alpha value is -1.55. The minimum Gasteiger partial charge on any atom is -0.338 e. The minimum atomic E-state index is -0.132. The van der Waals surface area contributed by atoms with Gasteiger partial charge in [0.25, 0.3) is 0 Å². The zero-order valence-electron chi connectivity index (χ0n) is 11.3. The van der Waals surface area contributed by atoms with Crippen LogP contribution in [0, 0.1) is 5.92 Å². The van der Waals surface area contributed by atoms with E-state index in [1.54, 1.807) is 0 Å². The molecule has 0 bridgehead atoms. The van der Waals surface area contributed by atoms with Crippen molar-refractivity contribution in [1.29, 1.82) is 0 Å². The molecule has 104 valence electrons. The highest BCUT2D eigenvalue weighted by Gasteiger charge is 2.14. The van der Waals surface area contributed by atoms with Crippen molar-refractivity contribution >= 4 is 11.7 Å². The van der Waals surface area contributed by atoms with Crippen molar-refractivity contribution in [2.45, 2.75) is 38.6 Å². The number of amides is 2. The van der Waals surface area contributed by atoms with Gasteiger partial charge in [-0.2, -0.15) is 0 Å². The van der Waals surface area contributed by atoms with Crippen LogP contribution in [0.5, 0.6) is 0 Å². The monoisotopic (exact) mass is 261 g/mol. The van der Waals surface area contributed by atoms with E-state index in [1.807, 2.05) is 24.3 Å². The van der Waals surface area contributed by atoms with E-state index in [0.717, 1.165) is 30.1 Å². The van der Waals surface area contributed by atoms with E-state index < -0.39 is 0 Å². The van der Waals surface area contributed by atoms with Gasteiger partial charge in [0.2, 0.25) is 0 Å². The minimum absolute atomic E-state index is 0.132. The van der Waals surface area contributed by atoms with Crippen molar-refractivity contribution in [3.63, 3.8) is 0 Å². The summed E-state index contributed by atoms with van der Waals surface area (Å²) in [7, 11) is 0. The van der Waals surface area contributed by atoms with E-state index in [4.69, 9.17) is 5.73 Å². The van der Waals surface area contributed by atoms with Gasteiger partial charge in [0, 0.05) is 18.8 Å². The van der Waals surface area contributed by atoms with Gasteiger partial charge in [-0.3, -0.25) is 0 Å². The predicted octanol–water partition coefficient (Wildman–Crippen LogP) is 2.85. The zero-order valence-corrected chi connectivity index (χ0v) is 11.3. The van der Waals surface area contributed by atoms with Gasteiger partial charge in [0.1, 0.15) is 0 Å². The lowest BCUT2D eigenvalue weighted by atomic mass is 10.0. The molecule has 0 radical (unpaired) electrons. The van der Waals surface area contributed by atoms with E-state index in [-0.39, 0.29) is 6.03 Å². The van der Waals surface area contributed by atoms with Crippen molar-refractivity contribution in [3.8, 4) is 0 Å². The molecule has 0 aromatic heterocycles. The van der Waals surface area contributed by atoms with Crippen LogP contribution in [0.2, 0.25) is 0 Å². The number of carbonyl (C=O) groups is 1. The van der Waals surface area contributed by atoms with Gasteiger partial charge in [-0.25, -0.2) is 4.79 Å². The lowest BCUT2D eigenvalue weighted by Crippen LogP contribution is -2.30. The van der Waals surface area contributed by atoms with Crippen LogP contribution in [0.15, 0.2) is 24.3 Å². The normalized spacial score (nSPS) is 15.4. The Kier molecular flexibility index (Phi) is 5.21. The number of nitrogens with two attached hydrogens (primary N) is 1. The lowest BCUT2D eigenvalue weighted by Gasteiger charge is -2.11. The fraction of sp³-hybridized carbons (Fsp3) is 0.533. The van der Waals surface area contributed by atoms with Gasteiger partial charge >= 0.3 is 6.03 Å². The molecule has 0 unspecified atom stereocenters. The first-order valence-corrected chi connectivity index (χ1v) is 7.12. The second-order valence-corrected chi connectivity index (χ2v) is 5.22. The molecule has 1 saturated carbocycles. The van der Waals surface area contributed by atoms with E-state index >= 15 is 0 Å². The topological polar surface area (TPSA) is 67.1 Å². The van der Waals surface area contributed by atoms with Gasteiger partial charge in [0.15, 0.2) is 0 Å². The lowest BCUT2D eigenvalue weighted by molar-refractivity contribution is 0.251. The molecule has 1 fully saturated rings. The van der Waals surface area contributed by atoms with E-state index in [2.05, 4.69) is 10.6 Å². The number of anilines is 1. The third kappa shape index (κ3) is 4.56. The first-order valence-electron chi connectivity index (χ1n) is 7.12. The quantitative estimate of drug-likeness (QED) is 0.763. The van der Waals surface area contributed by atoms with Gasteiger partial charge in [-0.1, -0.05) is 37.8 Å². The summed E-state index contributed by atoms with van der Waals surface area (Å²) in [6.07, 6.45) is 6.44. The number of hydrogen-bond acceptors (Lipinski definition) is 2. The van der Waals surface area contributed by atoms with Gasteiger partial charge in [-0.15, -0.1) is 0 Å². The first-order chi connectivity index (χ1) is 9.28. The summed E-state index contributed by atoms with van der Waals surface area (Å²) < 4.78 is 0. The number of nitrogens with one attached hydrogen (secondary N) is 2. The SMILES string of the molecule is NCc1cccc(NC(=O)NCCC2CCCC2)c1. The summed E-state index contributed by atoms with van der Waals surface area (Å²) in [6.45, 7) is 1.24. The summed E-state index contributed by atoms with van der Waals surface area (Å²) in [5.41, 5.74) is 7.38. The van der Waals surface area contributed by atoms with Crippen LogP contribution in [-0.2, 0) is 6.54 Å². The third-order valence-corrected chi connectivity index (χ3v) is 3.73. The van der Waals surface area contributed by atoms with Crippen LogP contribution < -0.4 is 16.4 Å². The zero-order chi connectivity index (χ0) is 13.5. The van der Waals surface area contributed by atoms with E-state index in [0.29, 0.717) is 6.54 Å². The van der Waals surface area contributed by atoms with Gasteiger partial charge in [-0.05, 0) is 30.0 Å². The average molecular weight is 261 g/mol. The van der Waals surface area contributed by atoms with Crippen LogP contribution >= 0.6 is 0 Å². The molecule has 2 amide bonds. The molecule has 1 aromatic rings. The Balaban J connectivity index is 1.70. The van der Waals surface area contributed by atoms with Crippen LogP contribution in [0.25, 0.3) is 0 Å². The highest BCUT2D eigenvalue weighted by molar-refractivity contribution is 5.89. The van der Waals surface area contributed by atoms with Gasteiger partial charge < -0.3 is 16.4 Å². The fourth-order valence-corrected chi connectivity index (χ4v) is 2.64. The molecule has 0 saturated heterocycles. The molecule has 2 rings (SSSR count). The molecule has 4 N–H and O–H groups in total. The molecular formula is C15H23N3O. The Bertz CT molecular complexity index is 414. The summed E-state index contributed by atoms with van der Waals surface area (Å²) in [5, 5.41) is 5.75. The van der Waals surface area contributed by atoms with Crippen molar-refractivity contribution < 1.29 is 4.79 Å². The second-order valence-electron chi connectivity index (χ2n) is 5.22. The Morgan fingerprint density at radius 3 is 2.84 bits per heavy atom. The largest absolute Gasteiger partial charge is 0.338 e. The maximum Gasteiger partial charge on any atom is 0.319 e. The van der Waals surface area contributed by atoms with E-state index in [1.165, 1.54) is 25.7 Å². The number of benzene rings is 1. The van der Waals surface area contributed by atoms with Crippen molar-refractivity contribution in [2.75, 3.05) is 11.9 Å². The standard InChI is InChI=1S/C15H23N3O/c16-11-13-6-3-7-14(10-13)18-15(19)17-9-8-12-4-1-2-5-12/h3,6-7,10,12H,1-2,4-5,8-9,11,16H2,(H2,17,18,19). The Morgan fingerprint density at radius 2 is 2.11 bits per heavy atom. The highest BCUT2D eigenvalue weighted by atomic mass is 16.2.